The van der Waals surface area contributed by atoms with E-state index in [2.05, 4.69) is 13.8 Å². The SMILES string of the molecule is CC(C)C1CCC(N)C(CC2CCCO2)C1. The van der Waals surface area contributed by atoms with Crippen LogP contribution in [0.1, 0.15) is 52.4 Å². The molecule has 0 bridgehead atoms. The molecule has 2 heteroatoms. The second-order valence-electron chi connectivity index (χ2n) is 6.11. The van der Waals surface area contributed by atoms with Gasteiger partial charge in [-0.05, 0) is 56.3 Å². The van der Waals surface area contributed by atoms with Crippen molar-refractivity contribution in [1.82, 2.24) is 0 Å². The van der Waals surface area contributed by atoms with Crippen LogP contribution in [0.3, 0.4) is 0 Å². The number of ether oxygens (including phenoxy) is 1. The summed E-state index contributed by atoms with van der Waals surface area (Å²) >= 11 is 0. The lowest BCUT2D eigenvalue weighted by Crippen LogP contribution is -2.39. The Hall–Kier alpha value is -0.0800. The zero-order valence-corrected chi connectivity index (χ0v) is 10.8. The zero-order valence-electron chi connectivity index (χ0n) is 10.8. The number of rotatable bonds is 3. The predicted octanol–water partition coefficient (Wildman–Crippen LogP) is 2.96. The Labute approximate surface area is 99.9 Å². The molecular weight excluding hydrogens is 198 g/mol. The molecule has 4 atom stereocenters. The maximum Gasteiger partial charge on any atom is 0.0579 e. The fourth-order valence-electron chi connectivity index (χ4n) is 3.37. The molecule has 94 valence electrons. The zero-order chi connectivity index (χ0) is 11.5. The average molecular weight is 225 g/mol. The lowest BCUT2D eigenvalue weighted by atomic mass is 9.72. The van der Waals surface area contributed by atoms with E-state index in [1.165, 1.54) is 38.5 Å². The van der Waals surface area contributed by atoms with Gasteiger partial charge in [0.2, 0.25) is 0 Å². The molecule has 16 heavy (non-hydrogen) atoms. The fourth-order valence-corrected chi connectivity index (χ4v) is 3.37. The maximum atomic E-state index is 6.26. The molecule has 1 saturated heterocycles. The summed E-state index contributed by atoms with van der Waals surface area (Å²) in [5.74, 6) is 2.43. The molecule has 0 aromatic rings. The van der Waals surface area contributed by atoms with Gasteiger partial charge >= 0.3 is 0 Å². The van der Waals surface area contributed by atoms with Crippen LogP contribution in [0.5, 0.6) is 0 Å². The highest BCUT2D eigenvalue weighted by Gasteiger charge is 2.32. The topological polar surface area (TPSA) is 35.2 Å². The summed E-state index contributed by atoms with van der Waals surface area (Å²) in [5.41, 5.74) is 6.26. The Bertz CT molecular complexity index is 209. The van der Waals surface area contributed by atoms with Crippen LogP contribution in [0.25, 0.3) is 0 Å². The van der Waals surface area contributed by atoms with Crippen molar-refractivity contribution >= 4 is 0 Å². The first-order chi connectivity index (χ1) is 7.66. The highest BCUT2D eigenvalue weighted by Crippen LogP contribution is 2.36. The van der Waals surface area contributed by atoms with E-state index in [-0.39, 0.29) is 0 Å². The molecule has 2 fully saturated rings. The van der Waals surface area contributed by atoms with E-state index in [9.17, 15) is 0 Å². The summed E-state index contributed by atoms with van der Waals surface area (Å²) in [7, 11) is 0. The van der Waals surface area contributed by atoms with Gasteiger partial charge in [0.15, 0.2) is 0 Å². The van der Waals surface area contributed by atoms with Crippen molar-refractivity contribution in [3.05, 3.63) is 0 Å². The minimum Gasteiger partial charge on any atom is -0.378 e. The summed E-state index contributed by atoms with van der Waals surface area (Å²) in [6, 6.07) is 0.430. The molecule has 1 aliphatic carbocycles. The Kier molecular flexibility index (Phi) is 4.26. The normalized spacial score (nSPS) is 40.5. The molecule has 1 aliphatic heterocycles. The summed E-state index contributed by atoms with van der Waals surface area (Å²) in [6.45, 7) is 5.68. The molecule has 2 aliphatic rings. The average Bonchev–Trinajstić information content (AvgIpc) is 2.73. The second kappa shape index (κ2) is 5.50. The van der Waals surface area contributed by atoms with Gasteiger partial charge in [0, 0.05) is 12.6 Å². The van der Waals surface area contributed by atoms with Crippen LogP contribution in [-0.4, -0.2) is 18.8 Å². The highest BCUT2D eigenvalue weighted by atomic mass is 16.5. The van der Waals surface area contributed by atoms with Crippen molar-refractivity contribution in [2.24, 2.45) is 23.5 Å². The van der Waals surface area contributed by atoms with Crippen LogP contribution >= 0.6 is 0 Å². The number of nitrogens with two attached hydrogens (primary N) is 1. The Morgan fingerprint density at radius 2 is 2.06 bits per heavy atom. The Morgan fingerprint density at radius 1 is 1.25 bits per heavy atom. The van der Waals surface area contributed by atoms with Crippen molar-refractivity contribution in [3.63, 3.8) is 0 Å². The molecule has 0 aromatic heterocycles. The summed E-state index contributed by atoms with van der Waals surface area (Å²) in [6.07, 6.45) is 8.13. The van der Waals surface area contributed by atoms with Gasteiger partial charge in [0.25, 0.3) is 0 Å². The molecule has 0 aromatic carbocycles. The minimum absolute atomic E-state index is 0.430. The van der Waals surface area contributed by atoms with Crippen molar-refractivity contribution in [3.8, 4) is 0 Å². The van der Waals surface area contributed by atoms with Crippen LogP contribution in [0.15, 0.2) is 0 Å². The van der Waals surface area contributed by atoms with Gasteiger partial charge in [-0.3, -0.25) is 0 Å². The summed E-state index contributed by atoms with van der Waals surface area (Å²) in [5, 5.41) is 0. The van der Waals surface area contributed by atoms with Crippen molar-refractivity contribution < 1.29 is 4.74 Å². The molecule has 0 spiro atoms. The second-order valence-corrected chi connectivity index (χ2v) is 6.11. The van der Waals surface area contributed by atoms with E-state index in [1.807, 2.05) is 0 Å². The van der Waals surface area contributed by atoms with Gasteiger partial charge in [-0.2, -0.15) is 0 Å². The van der Waals surface area contributed by atoms with Crippen LogP contribution in [0.2, 0.25) is 0 Å². The van der Waals surface area contributed by atoms with E-state index in [4.69, 9.17) is 10.5 Å². The lowest BCUT2D eigenvalue weighted by Gasteiger charge is -2.37. The number of hydrogen-bond donors (Lipinski definition) is 1. The molecular formula is C14H27NO. The molecule has 1 heterocycles. The summed E-state index contributed by atoms with van der Waals surface area (Å²) < 4.78 is 5.74. The van der Waals surface area contributed by atoms with Crippen LogP contribution < -0.4 is 5.73 Å². The Morgan fingerprint density at radius 3 is 2.69 bits per heavy atom. The fraction of sp³-hybridized carbons (Fsp3) is 1.00. The van der Waals surface area contributed by atoms with Crippen LogP contribution in [0.4, 0.5) is 0 Å². The van der Waals surface area contributed by atoms with E-state index in [1.54, 1.807) is 0 Å². The van der Waals surface area contributed by atoms with Gasteiger partial charge in [0.1, 0.15) is 0 Å². The van der Waals surface area contributed by atoms with E-state index in [0.29, 0.717) is 18.1 Å². The van der Waals surface area contributed by atoms with Crippen LogP contribution in [0, 0.1) is 17.8 Å². The molecule has 1 saturated carbocycles. The molecule has 0 amide bonds. The molecule has 2 rings (SSSR count). The maximum absolute atomic E-state index is 6.26. The van der Waals surface area contributed by atoms with Gasteiger partial charge in [-0.15, -0.1) is 0 Å². The largest absolute Gasteiger partial charge is 0.378 e. The quantitative estimate of drug-likeness (QED) is 0.801. The lowest BCUT2D eigenvalue weighted by molar-refractivity contribution is 0.0677. The monoisotopic (exact) mass is 225 g/mol. The molecule has 2 nitrogen and oxygen atoms in total. The van der Waals surface area contributed by atoms with Crippen LogP contribution in [-0.2, 0) is 4.74 Å². The first kappa shape index (κ1) is 12.4. The third-order valence-corrected chi connectivity index (χ3v) is 4.61. The van der Waals surface area contributed by atoms with E-state index in [0.717, 1.165) is 18.4 Å². The van der Waals surface area contributed by atoms with E-state index >= 15 is 0 Å². The van der Waals surface area contributed by atoms with Gasteiger partial charge in [-0.25, -0.2) is 0 Å². The molecule has 2 N–H and O–H groups in total. The third kappa shape index (κ3) is 2.98. The standard InChI is InChI=1S/C14H27NO/c1-10(2)11-5-6-14(15)12(8-11)9-13-4-3-7-16-13/h10-14H,3-9,15H2,1-2H3. The van der Waals surface area contributed by atoms with Crippen molar-refractivity contribution in [2.75, 3.05) is 6.61 Å². The van der Waals surface area contributed by atoms with E-state index < -0.39 is 0 Å². The minimum atomic E-state index is 0.430. The van der Waals surface area contributed by atoms with Gasteiger partial charge < -0.3 is 10.5 Å². The van der Waals surface area contributed by atoms with Crippen molar-refractivity contribution in [1.29, 1.82) is 0 Å². The molecule has 0 radical (unpaired) electrons. The van der Waals surface area contributed by atoms with Crippen molar-refractivity contribution in [2.45, 2.75) is 64.5 Å². The third-order valence-electron chi connectivity index (χ3n) is 4.61. The van der Waals surface area contributed by atoms with Gasteiger partial charge in [-0.1, -0.05) is 13.8 Å². The Balaban J connectivity index is 1.85. The first-order valence-electron chi connectivity index (χ1n) is 7.04. The number of hydrogen-bond acceptors (Lipinski definition) is 2. The smallest absolute Gasteiger partial charge is 0.0579 e. The highest BCUT2D eigenvalue weighted by molar-refractivity contribution is 4.86. The first-order valence-corrected chi connectivity index (χ1v) is 7.04. The predicted molar refractivity (Wildman–Crippen MR) is 67.2 cm³/mol. The molecule has 4 unspecified atom stereocenters. The van der Waals surface area contributed by atoms with Gasteiger partial charge in [0.05, 0.1) is 6.10 Å². The summed E-state index contributed by atoms with van der Waals surface area (Å²) in [4.78, 5) is 0.